The fourth-order valence-electron chi connectivity index (χ4n) is 3.34. The van der Waals surface area contributed by atoms with Crippen LogP contribution in [0.4, 0.5) is 9.59 Å². The molecule has 1 aliphatic heterocycles. The normalized spacial score (nSPS) is 17.4. The van der Waals surface area contributed by atoms with Gasteiger partial charge in [-0.1, -0.05) is 12.1 Å². The van der Waals surface area contributed by atoms with Gasteiger partial charge in [0.2, 0.25) is 5.91 Å². The molecule has 2 atom stereocenters. The van der Waals surface area contributed by atoms with Crippen LogP contribution in [-0.4, -0.2) is 58.9 Å². The number of alkyl carbamates (subject to hydrolysis) is 1. The van der Waals surface area contributed by atoms with Crippen LogP contribution in [0, 0.1) is 11.3 Å². The van der Waals surface area contributed by atoms with Crippen molar-refractivity contribution in [1.82, 2.24) is 15.5 Å². The van der Waals surface area contributed by atoms with Crippen LogP contribution in [0.15, 0.2) is 24.3 Å². The monoisotopic (exact) mass is 416 g/mol. The van der Waals surface area contributed by atoms with Crippen LogP contribution in [-0.2, 0) is 16.0 Å². The summed E-state index contributed by atoms with van der Waals surface area (Å²) in [5.74, 6) is -0.319. The maximum Gasteiger partial charge on any atom is 0.408 e. The van der Waals surface area contributed by atoms with Gasteiger partial charge in [0.05, 0.1) is 11.6 Å². The van der Waals surface area contributed by atoms with Crippen molar-refractivity contribution in [2.45, 2.75) is 57.7 Å². The van der Waals surface area contributed by atoms with Crippen LogP contribution in [0.3, 0.4) is 0 Å². The summed E-state index contributed by atoms with van der Waals surface area (Å²) >= 11 is 0. The predicted octanol–water partition coefficient (Wildman–Crippen LogP) is 2.25. The van der Waals surface area contributed by atoms with E-state index in [1.807, 2.05) is 0 Å². The lowest BCUT2D eigenvalue weighted by Gasteiger charge is -2.35. The number of hydrogen-bond acceptors (Lipinski definition) is 5. The van der Waals surface area contributed by atoms with Gasteiger partial charge in [-0.05, 0) is 51.3 Å². The van der Waals surface area contributed by atoms with E-state index >= 15 is 0 Å². The Kier molecular flexibility index (Phi) is 7.64. The largest absolute Gasteiger partial charge is 0.465 e. The van der Waals surface area contributed by atoms with E-state index < -0.39 is 23.8 Å². The second kappa shape index (κ2) is 9.96. The highest BCUT2D eigenvalue weighted by Crippen LogP contribution is 2.15. The Labute approximate surface area is 176 Å². The first kappa shape index (κ1) is 23.0. The third-order valence-corrected chi connectivity index (χ3v) is 4.55. The first-order chi connectivity index (χ1) is 14.1. The van der Waals surface area contributed by atoms with Crippen LogP contribution >= 0.6 is 0 Å². The van der Waals surface area contributed by atoms with Gasteiger partial charge in [0.15, 0.2) is 0 Å². The zero-order valence-electron chi connectivity index (χ0n) is 17.5. The molecule has 1 fully saturated rings. The van der Waals surface area contributed by atoms with Crippen LogP contribution in [0.2, 0.25) is 0 Å². The van der Waals surface area contributed by atoms with Gasteiger partial charge >= 0.3 is 12.2 Å². The molecule has 1 aromatic rings. The molecule has 3 amide bonds. The van der Waals surface area contributed by atoms with E-state index in [1.54, 1.807) is 49.9 Å². The lowest BCUT2D eigenvalue weighted by atomic mass is 10.0. The molecular formula is C21H28N4O5. The van der Waals surface area contributed by atoms with Gasteiger partial charge in [-0.25, -0.2) is 9.59 Å². The first-order valence-electron chi connectivity index (χ1n) is 9.84. The van der Waals surface area contributed by atoms with E-state index in [0.717, 1.165) is 5.56 Å². The maximum absolute atomic E-state index is 13.2. The molecule has 1 saturated heterocycles. The van der Waals surface area contributed by atoms with Crippen molar-refractivity contribution in [3.63, 3.8) is 0 Å². The van der Waals surface area contributed by atoms with E-state index in [1.165, 1.54) is 0 Å². The fraction of sp³-hybridized carbons (Fsp3) is 0.524. The lowest BCUT2D eigenvalue weighted by molar-refractivity contribution is -0.134. The van der Waals surface area contributed by atoms with Gasteiger partial charge < -0.3 is 25.4 Å². The molecule has 1 heterocycles. The summed E-state index contributed by atoms with van der Waals surface area (Å²) in [6.45, 7) is 5.89. The minimum atomic E-state index is -1.13. The summed E-state index contributed by atoms with van der Waals surface area (Å²) < 4.78 is 5.30. The van der Waals surface area contributed by atoms with Crippen LogP contribution in [0.25, 0.3) is 0 Å². The molecule has 0 unspecified atom stereocenters. The van der Waals surface area contributed by atoms with Crippen LogP contribution in [0.5, 0.6) is 0 Å². The Morgan fingerprint density at radius 3 is 2.73 bits per heavy atom. The van der Waals surface area contributed by atoms with E-state index in [0.29, 0.717) is 24.9 Å². The highest BCUT2D eigenvalue weighted by molar-refractivity contribution is 5.86. The third-order valence-electron chi connectivity index (χ3n) is 4.55. The minimum absolute atomic E-state index is 0.182. The number of rotatable bonds is 5. The van der Waals surface area contributed by atoms with Crippen LogP contribution < -0.4 is 10.6 Å². The number of amides is 3. The van der Waals surface area contributed by atoms with Crippen molar-refractivity contribution >= 4 is 18.1 Å². The molecule has 9 nitrogen and oxygen atoms in total. The molecule has 0 saturated carbocycles. The number of nitriles is 1. The zero-order chi connectivity index (χ0) is 22.3. The first-order valence-corrected chi connectivity index (χ1v) is 9.84. The maximum atomic E-state index is 13.2. The second-order valence-electron chi connectivity index (χ2n) is 8.29. The van der Waals surface area contributed by atoms with Crippen molar-refractivity contribution in [2.75, 3.05) is 13.1 Å². The molecule has 1 aliphatic rings. The summed E-state index contributed by atoms with van der Waals surface area (Å²) in [5.41, 5.74) is 0.459. The Hall–Kier alpha value is -3.28. The van der Waals surface area contributed by atoms with Gasteiger partial charge in [-0.3, -0.25) is 4.79 Å². The summed E-state index contributed by atoms with van der Waals surface area (Å²) in [6, 6.07) is 7.62. The Balaban J connectivity index is 2.18. The van der Waals surface area contributed by atoms with E-state index in [-0.39, 0.29) is 24.9 Å². The van der Waals surface area contributed by atoms with Gasteiger partial charge in [-0.15, -0.1) is 0 Å². The zero-order valence-corrected chi connectivity index (χ0v) is 17.5. The summed E-state index contributed by atoms with van der Waals surface area (Å²) in [4.78, 5) is 38.0. The second-order valence-corrected chi connectivity index (χ2v) is 8.29. The number of likely N-dealkylation sites (tertiary alicyclic amines) is 1. The average Bonchev–Trinajstić information content (AvgIpc) is 2.65. The number of nitrogens with one attached hydrogen (secondary N) is 2. The highest BCUT2D eigenvalue weighted by Gasteiger charge is 2.31. The molecule has 0 spiro atoms. The van der Waals surface area contributed by atoms with Gasteiger partial charge in [0.1, 0.15) is 11.6 Å². The fourth-order valence-corrected chi connectivity index (χ4v) is 3.34. The number of carbonyl (C=O) groups is 3. The SMILES string of the molecule is CC(C)(C)OC(=O)N[C@@H](Cc1cccc(C#N)c1)C(=O)N1CCC[C@@H](NC(=O)O)C1. The number of piperidine rings is 1. The lowest BCUT2D eigenvalue weighted by Crippen LogP contribution is -2.56. The summed E-state index contributed by atoms with van der Waals surface area (Å²) in [7, 11) is 0. The predicted molar refractivity (Wildman–Crippen MR) is 109 cm³/mol. The number of carboxylic acid groups (broad SMARTS) is 1. The highest BCUT2D eigenvalue weighted by atomic mass is 16.6. The topological polar surface area (TPSA) is 132 Å². The molecule has 30 heavy (non-hydrogen) atoms. The van der Waals surface area contributed by atoms with E-state index in [4.69, 9.17) is 15.1 Å². The molecule has 0 aliphatic carbocycles. The molecular weight excluding hydrogens is 388 g/mol. The molecule has 1 aromatic carbocycles. The Bertz CT molecular complexity index is 827. The Morgan fingerprint density at radius 2 is 2.10 bits per heavy atom. The number of benzene rings is 1. The van der Waals surface area contributed by atoms with Crippen molar-refractivity contribution in [3.8, 4) is 6.07 Å². The van der Waals surface area contributed by atoms with Crippen molar-refractivity contribution in [2.24, 2.45) is 0 Å². The summed E-state index contributed by atoms with van der Waals surface area (Å²) in [5, 5.41) is 23.1. The number of ether oxygens (including phenoxy) is 1. The number of hydrogen-bond donors (Lipinski definition) is 3. The molecule has 0 radical (unpaired) electrons. The molecule has 9 heteroatoms. The van der Waals surface area contributed by atoms with Gasteiger partial charge in [0, 0.05) is 25.6 Å². The molecule has 0 bridgehead atoms. The molecule has 2 rings (SSSR count). The summed E-state index contributed by atoms with van der Waals surface area (Å²) in [6.07, 6.45) is -0.369. The van der Waals surface area contributed by atoms with Crippen molar-refractivity contribution < 1.29 is 24.2 Å². The number of nitrogens with zero attached hydrogens (tertiary/aromatic N) is 2. The van der Waals surface area contributed by atoms with Crippen molar-refractivity contribution in [3.05, 3.63) is 35.4 Å². The Morgan fingerprint density at radius 1 is 1.37 bits per heavy atom. The van der Waals surface area contributed by atoms with Gasteiger partial charge in [-0.2, -0.15) is 5.26 Å². The number of carbonyl (C=O) groups excluding carboxylic acids is 2. The average molecular weight is 416 g/mol. The van der Waals surface area contributed by atoms with E-state index in [2.05, 4.69) is 16.7 Å². The van der Waals surface area contributed by atoms with Crippen LogP contribution in [0.1, 0.15) is 44.7 Å². The minimum Gasteiger partial charge on any atom is -0.465 e. The van der Waals surface area contributed by atoms with E-state index in [9.17, 15) is 14.4 Å². The van der Waals surface area contributed by atoms with Gasteiger partial charge in [0.25, 0.3) is 0 Å². The smallest absolute Gasteiger partial charge is 0.408 e. The molecule has 162 valence electrons. The molecule has 0 aromatic heterocycles. The molecule has 3 N–H and O–H groups in total. The van der Waals surface area contributed by atoms with Crippen molar-refractivity contribution in [1.29, 1.82) is 5.26 Å². The third kappa shape index (κ3) is 7.28. The quantitative estimate of drug-likeness (QED) is 0.674. The standard InChI is InChI=1S/C21H28N4O5/c1-21(2,3)30-20(29)24-17(11-14-6-4-7-15(10-14)12-22)18(26)25-9-5-8-16(13-25)23-19(27)28/h4,6-7,10,16-17,23H,5,8-9,11,13H2,1-3H3,(H,24,29)(H,27,28)/t16-,17+/m1/s1.